The van der Waals surface area contributed by atoms with Crippen molar-refractivity contribution in [3.05, 3.63) is 35.9 Å². The highest BCUT2D eigenvalue weighted by Gasteiger charge is 2.35. The van der Waals surface area contributed by atoms with Gasteiger partial charge in [-0.1, -0.05) is 30.3 Å². The summed E-state index contributed by atoms with van der Waals surface area (Å²) < 4.78 is 5.61. The Morgan fingerprint density at radius 1 is 1.20 bits per heavy atom. The lowest BCUT2D eigenvalue weighted by atomic mass is 10.1. The molecule has 108 valence electrons. The molecule has 2 heterocycles. The molecule has 3 rings (SSSR count). The average molecular weight is 276 g/mol. The van der Waals surface area contributed by atoms with Crippen LogP contribution in [0, 0.1) is 5.92 Å². The lowest BCUT2D eigenvalue weighted by molar-refractivity contribution is 0.0481. The Kier molecular flexibility index (Phi) is 3.89. The van der Waals surface area contributed by atoms with Crippen molar-refractivity contribution < 1.29 is 14.6 Å². The van der Waals surface area contributed by atoms with E-state index in [0.29, 0.717) is 19.8 Å². The Morgan fingerprint density at radius 2 is 2.00 bits per heavy atom. The lowest BCUT2D eigenvalue weighted by Gasteiger charge is -2.29. The van der Waals surface area contributed by atoms with Crippen molar-refractivity contribution in [1.29, 1.82) is 0 Å². The van der Waals surface area contributed by atoms with Crippen LogP contribution in [0.1, 0.15) is 5.56 Å². The first-order valence-electron chi connectivity index (χ1n) is 7.06. The molecule has 0 radical (unpaired) electrons. The first-order valence-corrected chi connectivity index (χ1v) is 7.06. The molecule has 2 aliphatic rings. The van der Waals surface area contributed by atoms with Crippen molar-refractivity contribution >= 4 is 6.09 Å². The summed E-state index contributed by atoms with van der Waals surface area (Å²) in [5.74, 6) is 0.266. The number of carboxylic acid groups (broad SMARTS) is 1. The van der Waals surface area contributed by atoms with E-state index in [-0.39, 0.29) is 12.0 Å². The van der Waals surface area contributed by atoms with E-state index in [1.165, 1.54) is 5.56 Å². The number of ether oxygens (including phenoxy) is 1. The third-order valence-corrected chi connectivity index (χ3v) is 4.04. The van der Waals surface area contributed by atoms with Crippen LogP contribution < -0.4 is 0 Å². The monoisotopic (exact) mass is 276 g/mol. The molecule has 1 aromatic carbocycles. The minimum atomic E-state index is -0.827. The lowest BCUT2D eigenvalue weighted by Crippen LogP contribution is -2.45. The van der Waals surface area contributed by atoms with Crippen LogP contribution in [-0.2, 0) is 11.3 Å². The van der Waals surface area contributed by atoms with E-state index in [4.69, 9.17) is 4.74 Å². The van der Waals surface area contributed by atoms with Crippen LogP contribution in [0.2, 0.25) is 0 Å². The molecule has 2 atom stereocenters. The highest BCUT2D eigenvalue weighted by Crippen LogP contribution is 2.21. The number of carbonyl (C=O) groups is 1. The Labute approximate surface area is 118 Å². The van der Waals surface area contributed by atoms with Gasteiger partial charge in [-0.3, -0.25) is 4.90 Å². The van der Waals surface area contributed by atoms with Gasteiger partial charge in [-0.25, -0.2) is 4.79 Å². The average Bonchev–Trinajstić information content (AvgIpc) is 2.70. The van der Waals surface area contributed by atoms with E-state index in [9.17, 15) is 9.90 Å². The molecule has 20 heavy (non-hydrogen) atoms. The Morgan fingerprint density at radius 3 is 2.75 bits per heavy atom. The molecule has 0 saturated carbocycles. The topological polar surface area (TPSA) is 53.0 Å². The zero-order valence-electron chi connectivity index (χ0n) is 11.4. The van der Waals surface area contributed by atoms with E-state index < -0.39 is 6.09 Å². The fourth-order valence-corrected chi connectivity index (χ4v) is 3.15. The highest BCUT2D eigenvalue weighted by molar-refractivity contribution is 5.65. The van der Waals surface area contributed by atoms with Crippen LogP contribution in [-0.4, -0.2) is 59.9 Å². The summed E-state index contributed by atoms with van der Waals surface area (Å²) in [6, 6.07) is 10.3. The molecule has 2 bridgehead atoms. The Bertz CT molecular complexity index is 465. The zero-order chi connectivity index (χ0) is 13.9. The van der Waals surface area contributed by atoms with Crippen molar-refractivity contribution in [2.45, 2.75) is 12.6 Å². The normalized spacial score (nSPS) is 27.1. The van der Waals surface area contributed by atoms with Gasteiger partial charge in [0.25, 0.3) is 0 Å². The third kappa shape index (κ3) is 2.94. The molecule has 1 amide bonds. The molecular formula is C15H20N2O3. The second-order valence-electron chi connectivity index (χ2n) is 5.67. The quantitative estimate of drug-likeness (QED) is 0.889. The maximum Gasteiger partial charge on any atom is 0.407 e. The minimum Gasteiger partial charge on any atom is -0.465 e. The van der Waals surface area contributed by atoms with Crippen LogP contribution >= 0.6 is 0 Å². The second kappa shape index (κ2) is 5.81. The van der Waals surface area contributed by atoms with Gasteiger partial charge in [0, 0.05) is 32.1 Å². The summed E-state index contributed by atoms with van der Waals surface area (Å²) in [6.07, 6.45) is -0.827. The number of benzene rings is 1. The van der Waals surface area contributed by atoms with Gasteiger partial charge in [0.2, 0.25) is 0 Å². The predicted octanol–water partition coefficient (Wildman–Crippen LogP) is 1.50. The number of nitrogens with zero attached hydrogens (tertiary/aromatic N) is 2. The molecule has 5 heteroatoms. The van der Waals surface area contributed by atoms with Crippen LogP contribution in [0.5, 0.6) is 0 Å². The van der Waals surface area contributed by atoms with E-state index in [1.54, 1.807) is 4.90 Å². The number of fused-ring (bicyclic) bond motifs is 3. The van der Waals surface area contributed by atoms with E-state index in [1.807, 2.05) is 18.2 Å². The maximum atomic E-state index is 11.4. The molecule has 1 aromatic rings. The fourth-order valence-electron chi connectivity index (χ4n) is 3.15. The van der Waals surface area contributed by atoms with Crippen molar-refractivity contribution in [3.8, 4) is 0 Å². The largest absolute Gasteiger partial charge is 0.465 e. The molecule has 2 fully saturated rings. The smallest absolute Gasteiger partial charge is 0.407 e. The molecule has 2 saturated heterocycles. The maximum absolute atomic E-state index is 11.4. The van der Waals surface area contributed by atoms with Crippen LogP contribution in [0.3, 0.4) is 0 Å². The molecule has 0 aliphatic carbocycles. The molecular weight excluding hydrogens is 256 g/mol. The Balaban J connectivity index is 1.74. The van der Waals surface area contributed by atoms with Gasteiger partial charge in [0.15, 0.2) is 0 Å². The van der Waals surface area contributed by atoms with Gasteiger partial charge in [-0.05, 0) is 5.56 Å². The standard InChI is InChI=1S/C15H20N2O3/c18-15(19)17-8-13-7-16(9-14(17)11-20-10-13)6-12-4-2-1-3-5-12/h1-5,13-14H,6-11H2,(H,18,19). The van der Waals surface area contributed by atoms with Crippen LogP contribution in [0.25, 0.3) is 0 Å². The Hall–Kier alpha value is -1.59. The van der Waals surface area contributed by atoms with Gasteiger partial charge in [-0.15, -0.1) is 0 Å². The van der Waals surface area contributed by atoms with Gasteiger partial charge in [-0.2, -0.15) is 0 Å². The van der Waals surface area contributed by atoms with Gasteiger partial charge in [0.05, 0.1) is 19.3 Å². The first kappa shape index (κ1) is 13.4. The van der Waals surface area contributed by atoms with E-state index in [2.05, 4.69) is 17.0 Å². The summed E-state index contributed by atoms with van der Waals surface area (Å²) in [7, 11) is 0. The minimum absolute atomic E-state index is 0.0521. The third-order valence-electron chi connectivity index (χ3n) is 4.04. The summed E-state index contributed by atoms with van der Waals surface area (Å²) in [6.45, 7) is 4.28. The number of amides is 1. The van der Waals surface area contributed by atoms with Crippen molar-refractivity contribution in [1.82, 2.24) is 9.80 Å². The SMILES string of the molecule is O=C(O)N1CC2COCC1CN(Cc1ccccc1)C2. The number of hydrogen-bond acceptors (Lipinski definition) is 3. The molecule has 2 aliphatic heterocycles. The van der Waals surface area contributed by atoms with Crippen LogP contribution in [0.4, 0.5) is 4.79 Å². The molecule has 5 nitrogen and oxygen atoms in total. The van der Waals surface area contributed by atoms with Gasteiger partial charge >= 0.3 is 6.09 Å². The summed E-state index contributed by atoms with van der Waals surface area (Å²) in [4.78, 5) is 15.3. The number of rotatable bonds is 2. The van der Waals surface area contributed by atoms with Crippen molar-refractivity contribution in [3.63, 3.8) is 0 Å². The molecule has 0 aromatic heterocycles. The fraction of sp³-hybridized carbons (Fsp3) is 0.533. The molecule has 2 unspecified atom stereocenters. The van der Waals surface area contributed by atoms with Crippen molar-refractivity contribution in [2.75, 3.05) is 32.8 Å². The highest BCUT2D eigenvalue weighted by atomic mass is 16.5. The number of hydrogen-bond donors (Lipinski definition) is 1. The summed E-state index contributed by atoms with van der Waals surface area (Å²) in [5, 5.41) is 9.34. The van der Waals surface area contributed by atoms with E-state index >= 15 is 0 Å². The predicted molar refractivity (Wildman–Crippen MR) is 74.5 cm³/mol. The van der Waals surface area contributed by atoms with E-state index in [0.717, 1.165) is 19.6 Å². The zero-order valence-corrected chi connectivity index (χ0v) is 11.4. The van der Waals surface area contributed by atoms with Gasteiger partial charge < -0.3 is 14.7 Å². The molecule has 1 N–H and O–H groups in total. The second-order valence-corrected chi connectivity index (χ2v) is 5.67. The summed E-state index contributed by atoms with van der Waals surface area (Å²) in [5.41, 5.74) is 1.27. The first-order chi connectivity index (χ1) is 9.72. The molecule has 0 spiro atoms. The van der Waals surface area contributed by atoms with Crippen LogP contribution in [0.15, 0.2) is 30.3 Å². The van der Waals surface area contributed by atoms with Crippen molar-refractivity contribution in [2.24, 2.45) is 5.92 Å². The summed E-state index contributed by atoms with van der Waals surface area (Å²) >= 11 is 0. The van der Waals surface area contributed by atoms with Gasteiger partial charge in [0.1, 0.15) is 0 Å².